The summed E-state index contributed by atoms with van der Waals surface area (Å²) in [6.45, 7) is 7.80. The summed E-state index contributed by atoms with van der Waals surface area (Å²) in [4.78, 5) is 25.4. The fraction of sp³-hybridized carbons (Fsp3) is 0.364. The molecule has 1 aromatic carbocycles. The van der Waals surface area contributed by atoms with Crippen molar-refractivity contribution < 1.29 is 19.1 Å². The number of methoxy groups -OCH3 is 1. The van der Waals surface area contributed by atoms with E-state index in [9.17, 15) is 9.59 Å². The van der Waals surface area contributed by atoms with E-state index in [0.717, 1.165) is 12.8 Å². The predicted molar refractivity (Wildman–Crippen MR) is 102 cm³/mol. The van der Waals surface area contributed by atoms with Gasteiger partial charge in [0.15, 0.2) is 11.5 Å². The number of ketones is 2. The number of carbonyl (C=O) groups excluding carboxylic acids is 2. The summed E-state index contributed by atoms with van der Waals surface area (Å²) in [5.41, 5.74) is 2.62. The van der Waals surface area contributed by atoms with Gasteiger partial charge in [-0.15, -0.1) is 0 Å². The molecular weight excluding hydrogens is 328 g/mol. The fourth-order valence-electron chi connectivity index (χ4n) is 3.45. The average Bonchev–Trinajstić information content (AvgIpc) is 2.58. The predicted octanol–water partition coefficient (Wildman–Crippen LogP) is 4.90. The van der Waals surface area contributed by atoms with Crippen LogP contribution in [-0.2, 0) is 4.74 Å². The zero-order valence-corrected chi connectivity index (χ0v) is 15.9. The third kappa shape index (κ3) is 3.00. The van der Waals surface area contributed by atoms with Gasteiger partial charge in [0.25, 0.3) is 0 Å². The van der Waals surface area contributed by atoms with Gasteiger partial charge in [0.2, 0.25) is 5.78 Å². The summed E-state index contributed by atoms with van der Waals surface area (Å²) in [5.74, 6) is 0.297. The van der Waals surface area contributed by atoms with Crippen LogP contribution in [0.2, 0.25) is 0 Å². The quantitative estimate of drug-likeness (QED) is 0.724. The molecular formula is C22H24O4. The molecule has 4 heteroatoms. The molecule has 0 fully saturated rings. The Labute approximate surface area is 154 Å². The maximum atomic E-state index is 12.9. The second-order valence-corrected chi connectivity index (χ2v) is 7.28. The normalized spacial score (nSPS) is 21.1. The number of ether oxygens (including phenoxy) is 2. The zero-order chi connectivity index (χ0) is 19.1. The summed E-state index contributed by atoms with van der Waals surface area (Å²) in [5, 5.41) is 0. The number of carbonyl (C=O) groups is 2. The molecule has 0 aromatic heterocycles. The molecule has 4 nitrogen and oxygen atoms in total. The second-order valence-electron chi connectivity index (χ2n) is 7.28. The molecule has 26 heavy (non-hydrogen) atoms. The Morgan fingerprint density at radius 2 is 1.96 bits per heavy atom. The van der Waals surface area contributed by atoms with Crippen LogP contribution in [0.4, 0.5) is 0 Å². The highest BCUT2D eigenvalue weighted by Gasteiger charge is 2.36. The highest BCUT2D eigenvalue weighted by atomic mass is 16.5. The molecule has 0 radical (unpaired) electrons. The SMILES string of the molecule is COC1=C(C)C(=O)c2ccc3c(c2C1=O)C=C[C@@](C)(CCC=C(C)C)O3. The first-order valence-electron chi connectivity index (χ1n) is 8.80. The highest BCUT2D eigenvalue weighted by molar-refractivity contribution is 6.27. The van der Waals surface area contributed by atoms with Crippen LogP contribution >= 0.6 is 0 Å². The van der Waals surface area contributed by atoms with E-state index < -0.39 is 5.60 Å². The van der Waals surface area contributed by atoms with Crippen molar-refractivity contribution >= 4 is 17.6 Å². The molecule has 0 saturated heterocycles. The summed E-state index contributed by atoms with van der Waals surface area (Å²) in [7, 11) is 1.41. The van der Waals surface area contributed by atoms with Crippen LogP contribution in [0.15, 0.2) is 41.2 Å². The molecule has 1 aliphatic heterocycles. The molecule has 0 spiro atoms. The van der Waals surface area contributed by atoms with Gasteiger partial charge in [0.05, 0.1) is 7.11 Å². The average molecular weight is 352 g/mol. The van der Waals surface area contributed by atoms with Crippen molar-refractivity contribution in [1.29, 1.82) is 0 Å². The van der Waals surface area contributed by atoms with Gasteiger partial charge in [0, 0.05) is 22.3 Å². The van der Waals surface area contributed by atoms with Crippen molar-refractivity contribution in [2.24, 2.45) is 0 Å². The van der Waals surface area contributed by atoms with Crippen LogP contribution in [0, 0.1) is 0 Å². The lowest BCUT2D eigenvalue weighted by Gasteiger charge is -2.33. The Kier molecular flexibility index (Phi) is 4.61. The van der Waals surface area contributed by atoms with Gasteiger partial charge in [0.1, 0.15) is 11.4 Å². The lowest BCUT2D eigenvalue weighted by Crippen LogP contribution is -2.33. The Bertz CT molecular complexity index is 882. The Hall–Kier alpha value is -2.62. The van der Waals surface area contributed by atoms with E-state index in [0.29, 0.717) is 28.0 Å². The first-order valence-corrected chi connectivity index (χ1v) is 8.80. The molecule has 136 valence electrons. The van der Waals surface area contributed by atoms with Crippen LogP contribution in [-0.4, -0.2) is 24.3 Å². The third-order valence-electron chi connectivity index (χ3n) is 4.91. The summed E-state index contributed by atoms with van der Waals surface area (Å²) in [6.07, 6.45) is 7.81. The maximum absolute atomic E-state index is 12.9. The van der Waals surface area contributed by atoms with Gasteiger partial charge >= 0.3 is 0 Å². The van der Waals surface area contributed by atoms with E-state index in [1.807, 2.05) is 19.1 Å². The Balaban J connectivity index is 2.00. The Morgan fingerprint density at radius 1 is 1.23 bits per heavy atom. The summed E-state index contributed by atoms with van der Waals surface area (Å²) < 4.78 is 11.4. The second kappa shape index (κ2) is 6.60. The minimum atomic E-state index is -0.440. The van der Waals surface area contributed by atoms with Gasteiger partial charge in [-0.05, 0) is 58.7 Å². The zero-order valence-electron chi connectivity index (χ0n) is 15.9. The van der Waals surface area contributed by atoms with Crippen molar-refractivity contribution in [3.63, 3.8) is 0 Å². The van der Waals surface area contributed by atoms with Crippen molar-refractivity contribution in [2.75, 3.05) is 7.11 Å². The number of benzene rings is 1. The summed E-state index contributed by atoms with van der Waals surface area (Å²) in [6, 6.07) is 3.47. The van der Waals surface area contributed by atoms with E-state index in [2.05, 4.69) is 19.9 Å². The third-order valence-corrected chi connectivity index (χ3v) is 4.91. The molecule has 3 rings (SSSR count). The first kappa shape index (κ1) is 18.2. The van der Waals surface area contributed by atoms with Crippen LogP contribution in [0.3, 0.4) is 0 Å². The van der Waals surface area contributed by atoms with Gasteiger partial charge < -0.3 is 9.47 Å². The molecule has 2 aliphatic rings. The van der Waals surface area contributed by atoms with E-state index in [1.165, 1.54) is 12.7 Å². The van der Waals surface area contributed by atoms with Crippen LogP contribution in [0.5, 0.6) is 5.75 Å². The molecule has 1 aliphatic carbocycles. The molecule has 0 amide bonds. The largest absolute Gasteiger partial charge is 0.492 e. The minimum Gasteiger partial charge on any atom is -0.492 e. The van der Waals surface area contributed by atoms with Gasteiger partial charge in [-0.25, -0.2) is 0 Å². The van der Waals surface area contributed by atoms with E-state index >= 15 is 0 Å². The van der Waals surface area contributed by atoms with Gasteiger partial charge in [-0.2, -0.15) is 0 Å². The van der Waals surface area contributed by atoms with Crippen molar-refractivity contribution in [3.8, 4) is 5.75 Å². The number of hydrogen-bond donors (Lipinski definition) is 0. The van der Waals surface area contributed by atoms with Crippen molar-refractivity contribution in [1.82, 2.24) is 0 Å². The summed E-state index contributed by atoms with van der Waals surface area (Å²) >= 11 is 0. The topological polar surface area (TPSA) is 52.6 Å². The molecule has 1 aromatic rings. The first-order chi connectivity index (χ1) is 12.3. The molecule has 1 heterocycles. The van der Waals surface area contributed by atoms with Crippen LogP contribution in [0.25, 0.3) is 6.08 Å². The molecule has 0 bridgehead atoms. The molecule has 0 N–H and O–H groups in total. The molecule has 0 unspecified atom stereocenters. The van der Waals surface area contributed by atoms with Gasteiger partial charge in [-0.3, -0.25) is 9.59 Å². The fourth-order valence-corrected chi connectivity index (χ4v) is 3.45. The lowest BCUT2D eigenvalue weighted by atomic mass is 9.83. The number of rotatable bonds is 4. The lowest BCUT2D eigenvalue weighted by molar-refractivity contribution is 0.0902. The maximum Gasteiger partial charge on any atom is 0.229 e. The van der Waals surface area contributed by atoms with Crippen molar-refractivity contribution in [3.05, 3.63) is 57.9 Å². The smallest absolute Gasteiger partial charge is 0.229 e. The highest BCUT2D eigenvalue weighted by Crippen LogP contribution is 2.40. The van der Waals surface area contributed by atoms with Crippen LogP contribution < -0.4 is 4.74 Å². The molecule has 1 atom stereocenters. The number of allylic oxidation sites excluding steroid dienone is 4. The van der Waals surface area contributed by atoms with Gasteiger partial charge in [-0.1, -0.05) is 17.7 Å². The van der Waals surface area contributed by atoms with E-state index in [4.69, 9.17) is 9.47 Å². The number of hydrogen-bond acceptors (Lipinski definition) is 4. The number of Topliss-reactive ketones (excluding diaryl/α,β-unsaturated/α-hetero) is 2. The van der Waals surface area contributed by atoms with E-state index in [1.54, 1.807) is 19.1 Å². The Morgan fingerprint density at radius 3 is 2.62 bits per heavy atom. The van der Waals surface area contributed by atoms with Crippen molar-refractivity contribution in [2.45, 2.75) is 46.1 Å². The standard InChI is InChI=1S/C22H24O4/c1-13(2)7-6-11-22(4)12-10-15-17(26-22)9-8-16-18(15)20(24)21(25-5)14(3)19(16)23/h7-10,12H,6,11H2,1-5H3/t22-/m1/s1. The van der Waals surface area contributed by atoms with Crippen LogP contribution in [0.1, 0.15) is 66.8 Å². The molecule has 0 saturated carbocycles. The monoisotopic (exact) mass is 352 g/mol. The number of fused-ring (bicyclic) bond motifs is 3. The van der Waals surface area contributed by atoms with E-state index in [-0.39, 0.29) is 17.3 Å². The minimum absolute atomic E-state index is 0.112.